The monoisotopic (exact) mass is 356 g/mol. The number of amides is 1. The van der Waals surface area contributed by atoms with Crippen LogP contribution < -0.4 is 10.7 Å². The molecule has 7 heteroatoms. The molecule has 0 radical (unpaired) electrons. The number of ether oxygens (including phenoxy) is 1. The van der Waals surface area contributed by atoms with Crippen molar-refractivity contribution < 1.29 is 19.4 Å². The van der Waals surface area contributed by atoms with E-state index in [1.54, 1.807) is 39.0 Å². The summed E-state index contributed by atoms with van der Waals surface area (Å²) >= 11 is 0. The van der Waals surface area contributed by atoms with Gasteiger partial charge in [-0.1, -0.05) is 11.8 Å². The van der Waals surface area contributed by atoms with Crippen molar-refractivity contribution in [2.45, 2.75) is 32.8 Å². The SMILES string of the molecule is CC(C)(C)OC(=O)NCCC#Cc1ccc2[nH]cc(C(=O)O)c(=O)c2c1. The van der Waals surface area contributed by atoms with E-state index in [1.807, 2.05) is 0 Å². The molecule has 3 N–H and O–H groups in total. The highest BCUT2D eigenvalue weighted by Crippen LogP contribution is 2.11. The second-order valence-corrected chi connectivity index (χ2v) is 6.58. The summed E-state index contributed by atoms with van der Waals surface area (Å²) in [7, 11) is 0. The topological polar surface area (TPSA) is 108 Å². The molecule has 0 bridgehead atoms. The number of aromatic amines is 1. The first kappa shape index (κ1) is 19.1. The molecule has 2 aromatic rings. The fourth-order valence-corrected chi connectivity index (χ4v) is 2.16. The third-order valence-corrected chi connectivity index (χ3v) is 3.26. The zero-order valence-electron chi connectivity index (χ0n) is 14.8. The van der Waals surface area contributed by atoms with Gasteiger partial charge in [0.15, 0.2) is 0 Å². The summed E-state index contributed by atoms with van der Waals surface area (Å²) in [4.78, 5) is 37.5. The minimum Gasteiger partial charge on any atom is -0.477 e. The number of carboxylic acid groups (broad SMARTS) is 1. The predicted molar refractivity (Wildman–Crippen MR) is 97.3 cm³/mol. The Kier molecular flexibility index (Phi) is 5.68. The number of rotatable bonds is 3. The fraction of sp³-hybridized carbons (Fsp3) is 0.316. The molecule has 0 unspecified atom stereocenters. The molecule has 0 fully saturated rings. The summed E-state index contributed by atoms with van der Waals surface area (Å²) in [5.74, 6) is 4.51. The number of hydrogen-bond acceptors (Lipinski definition) is 4. The van der Waals surface area contributed by atoms with Crippen LogP contribution in [0.2, 0.25) is 0 Å². The number of carbonyl (C=O) groups excluding carboxylic acids is 1. The largest absolute Gasteiger partial charge is 0.477 e. The van der Waals surface area contributed by atoms with Gasteiger partial charge in [-0.3, -0.25) is 4.79 Å². The van der Waals surface area contributed by atoms with Crippen molar-refractivity contribution in [1.82, 2.24) is 10.3 Å². The van der Waals surface area contributed by atoms with E-state index in [2.05, 4.69) is 22.1 Å². The lowest BCUT2D eigenvalue weighted by Crippen LogP contribution is -2.32. The van der Waals surface area contributed by atoms with Gasteiger partial charge in [0.25, 0.3) is 0 Å². The van der Waals surface area contributed by atoms with Gasteiger partial charge in [0, 0.05) is 35.6 Å². The van der Waals surface area contributed by atoms with Crippen molar-refractivity contribution >= 4 is 23.0 Å². The Morgan fingerprint density at radius 2 is 2.04 bits per heavy atom. The minimum atomic E-state index is -1.28. The number of nitrogens with one attached hydrogen (secondary N) is 2. The van der Waals surface area contributed by atoms with Gasteiger partial charge in [0.1, 0.15) is 11.2 Å². The summed E-state index contributed by atoms with van der Waals surface area (Å²) in [5.41, 5.74) is -0.298. The average Bonchev–Trinajstić information content (AvgIpc) is 2.53. The van der Waals surface area contributed by atoms with Gasteiger partial charge >= 0.3 is 12.1 Å². The van der Waals surface area contributed by atoms with Crippen LogP contribution in [-0.4, -0.2) is 34.3 Å². The second-order valence-electron chi connectivity index (χ2n) is 6.58. The summed E-state index contributed by atoms with van der Waals surface area (Å²) in [5, 5.41) is 11.9. The lowest BCUT2D eigenvalue weighted by atomic mass is 10.1. The maximum Gasteiger partial charge on any atom is 0.407 e. The van der Waals surface area contributed by atoms with Crippen molar-refractivity contribution in [2.75, 3.05) is 6.54 Å². The van der Waals surface area contributed by atoms with Gasteiger partial charge in [0.2, 0.25) is 5.43 Å². The molecule has 7 nitrogen and oxygen atoms in total. The molecule has 0 saturated heterocycles. The quantitative estimate of drug-likeness (QED) is 0.578. The lowest BCUT2D eigenvalue weighted by molar-refractivity contribution is 0.0528. The van der Waals surface area contributed by atoms with Crippen molar-refractivity contribution in [3.63, 3.8) is 0 Å². The molecule has 0 aliphatic carbocycles. The molecule has 1 aromatic heterocycles. The number of carboxylic acids is 1. The maximum absolute atomic E-state index is 12.2. The zero-order valence-corrected chi connectivity index (χ0v) is 14.8. The molecule has 136 valence electrons. The standard InChI is InChI=1S/C19H20N2O5/c1-19(2,3)26-18(25)20-9-5-4-6-12-7-8-15-13(10-12)16(22)14(11-21-15)17(23)24/h7-8,10-11H,5,9H2,1-3H3,(H,20,25)(H,21,22)(H,23,24). The number of hydrogen-bond donors (Lipinski definition) is 3. The Bertz CT molecular complexity index is 958. The van der Waals surface area contributed by atoms with Crippen molar-refractivity contribution in [1.29, 1.82) is 0 Å². The molecule has 0 aliphatic heterocycles. The smallest absolute Gasteiger partial charge is 0.407 e. The number of carbonyl (C=O) groups is 2. The van der Waals surface area contributed by atoms with Crippen LogP contribution in [0.25, 0.3) is 10.9 Å². The molecule has 26 heavy (non-hydrogen) atoms. The highest BCUT2D eigenvalue weighted by Gasteiger charge is 2.15. The fourth-order valence-electron chi connectivity index (χ4n) is 2.16. The average molecular weight is 356 g/mol. The molecule has 1 amide bonds. The first-order valence-corrected chi connectivity index (χ1v) is 8.02. The molecule has 2 rings (SSSR count). The summed E-state index contributed by atoms with van der Waals surface area (Å²) < 4.78 is 5.11. The van der Waals surface area contributed by atoms with Crippen molar-refractivity contribution in [3.05, 3.63) is 45.7 Å². The Balaban J connectivity index is 2.05. The summed E-state index contributed by atoms with van der Waals surface area (Å²) in [6.45, 7) is 5.68. The molecular weight excluding hydrogens is 336 g/mol. The Morgan fingerprint density at radius 1 is 1.31 bits per heavy atom. The van der Waals surface area contributed by atoms with E-state index >= 15 is 0 Å². The molecular formula is C19H20N2O5. The normalized spacial score (nSPS) is 10.7. The Hall–Kier alpha value is -3.27. The number of alkyl carbamates (subject to hydrolysis) is 1. The third kappa shape index (κ3) is 5.11. The van der Waals surface area contributed by atoms with E-state index < -0.39 is 23.1 Å². The highest BCUT2D eigenvalue weighted by atomic mass is 16.6. The number of benzene rings is 1. The van der Waals surface area contributed by atoms with Gasteiger partial charge in [-0.2, -0.15) is 0 Å². The van der Waals surface area contributed by atoms with Crippen LogP contribution in [0.3, 0.4) is 0 Å². The van der Waals surface area contributed by atoms with Gasteiger partial charge in [0.05, 0.1) is 0 Å². The Morgan fingerprint density at radius 3 is 2.69 bits per heavy atom. The molecule has 0 saturated carbocycles. The maximum atomic E-state index is 12.2. The first-order chi connectivity index (χ1) is 12.2. The minimum absolute atomic E-state index is 0.267. The molecule has 0 aliphatic rings. The predicted octanol–water partition coefficient (Wildman–Crippen LogP) is 2.49. The van der Waals surface area contributed by atoms with Crippen molar-refractivity contribution in [2.24, 2.45) is 0 Å². The van der Waals surface area contributed by atoms with Crippen LogP contribution in [0.1, 0.15) is 43.1 Å². The molecule has 0 atom stereocenters. The number of aromatic nitrogens is 1. The van der Waals surface area contributed by atoms with Crippen LogP contribution >= 0.6 is 0 Å². The van der Waals surface area contributed by atoms with Gasteiger partial charge < -0.3 is 20.1 Å². The lowest BCUT2D eigenvalue weighted by Gasteiger charge is -2.19. The van der Waals surface area contributed by atoms with E-state index in [1.165, 1.54) is 6.20 Å². The van der Waals surface area contributed by atoms with E-state index in [9.17, 15) is 14.4 Å². The van der Waals surface area contributed by atoms with Crippen LogP contribution in [0, 0.1) is 11.8 Å². The van der Waals surface area contributed by atoms with Gasteiger partial charge in [-0.25, -0.2) is 9.59 Å². The summed E-state index contributed by atoms with van der Waals surface area (Å²) in [6, 6.07) is 4.95. The molecule has 1 heterocycles. The van der Waals surface area contributed by atoms with Crippen LogP contribution in [-0.2, 0) is 4.74 Å². The Labute approximate surface area is 150 Å². The van der Waals surface area contributed by atoms with Gasteiger partial charge in [-0.05, 0) is 39.0 Å². The number of H-pyrrole nitrogens is 1. The van der Waals surface area contributed by atoms with Crippen LogP contribution in [0.5, 0.6) is 0 Å². The number of aromatic carboxylic acids is 1. The van der Waals surface area contributed by atoms with Crippen LogP contribution in [0.15, 0.2) is 29.2 Å². The van der Waals surface area contributed by atoms with E-state index in [-0.39, 0.29) is 10.9 Å². The number of fused-ring (bicyclic) bond motifs is 1. The van der Waals surface area contributed by atoms with Crippen LogP contribution in [0.4, 0.5) is 4.79 Å². The van der Waals surface area contributed by atoms with E-state index in [0.29, 0.717) is 24.0 Å². The summed E-state index contributed by atoms with van der Waals surface area (Å²) in [6.07, 6.45) is 1.08. The molecule has 0 spiro atoms. The van der Waals surface area contributed by atoms with E-state index in [4.69, 9.17) is 9.84 Å². The van der Waals surface area contributed by atoms with E-state index in [0.717, 1.165) is 0 Å². The third-order valence-electron chi connectivity index (χ3n) is 3.26. The first-order valence-electron chi connectivity index (χ1n) is 8.02. The van der Waals surface area contributed by atoms with Gasteiger partial charge in [-0.15, -0.1) is 0 Å². The molecule has 1 aromatic carbocycles. The highest BCUT2D eigenvalue weighted by molar-refractivity contribution is 5.92. The zero-order chi connectivity index (χ0) is 19.3. The number of pyridine rings is 1. The second kappa shape index (κ2) is 7.74. The van der Waals surface area contributed by atoms with Crippen molar-refractivity contribution in [3.8, 4) is 11.8 Å².